The predicted octanol–water partition coefficient (Wildman–Crippen LogP) is 7.77. The molecule has 0 saturated carbocycles. The normalized spacial score (nSPS) is 18.6. The highest BCUT2D eigenvalue weighted by Gasteiger charge is 2.40. The van der Waals surface area contributed by atoms with Crippen LogP contribution in [0.15, 0.2) is 42.9 Å². The third-order valence-electron chi connectivity index (χ3n) is 9.50. The number of halogens is 3. The van der Waals surface area contributed by atoms with Crippen molar-refractivity contribution in [3.05, 3.63) is 64.3 Å². The van der Waals surface area contributed by atoms with Gasteiger partial charge >= 0.3 is 5.97 Å². The zero-order valence-corrected chi connectivity index (χ0v) is 28.2. The first-order chi connectivity index (χ1) is 20.7. The molecule has 8 nitrogen and oxygen atoms in total. The highest BCUT2D eigenvalue weighted by Crippen LogP contribution is 2.41. The highest BCUT2D eigenvalue weighted by atomic mass is 35.5. The van der Waals surface area contributed by atoms with Gasteiger partial charge in [-0.2, -0.15) is 5.10 Å². The van der Waals surface area contributed by atoms with Crippen LogP contribution >= 0.6 is 23.2 Å². The van der Waals surface area contributed by atoms with E-state index in [1.54, 1.807) is 16.8 Å². The van der Waals surface area contributed by atoms with Crippen molar-refractivity contribution in [2.75, 3.05) is 18.0 Å². The van der Waals surface area contributed by atoms with E-state index in [-0.39, 0.29) is 23.7 Å². The summed E-state index contributed by atoms with van der Waals surface area (Å²) < 4.78 is 23.7. The largest absolute Gasteiger partial charge is 0.479 e. The molecule has 0 amide bonds. The van der Waals surface area contributed by atoms with E-state index in [0.717, 1.165) is 37.2 Å². The van der Waals surface area contributed by atoms with Crippen molar-refractivity contribution in [3.8, 4) is 11.1 Å². The molecule has 4 heterocycles. The topological polar surface area (TPSA) is 85.4 Å². The SMILES string of the molecule is CC(C)(C)[Si](C)(C)OC1CCN(c2ccc(-c3cc(Cl)c4cn(C(C(=O)O)c5ncn6c5CC(F)C6)nc4c3Cl)cc2)CC1. The standard InChI is InChI=1S/C32H38Cl2FN5O3Si/c1-32(2,3)44(4,5)43-22-10-12-38(13-11-22)21-8-6-19(7-9-21)23-15-25(33)24-17-40(37-28(24)27(23)34)30(31(41)42)29-26-14-20(35)16-39(26)18-36-29/h6-9,15,17-18,20,22,30H,10-14,16H2,1-5H3,(H,41,42). The number of benzene rings is 2. The number of fused-ring (bicyclic) bond motifs is 2. The van der Waals surface area contributed by atoms with Crippen LogP contribution in [0.2, 0.25) is 28.2 Å². The predicted molar refractivity (Wildman–Crippen MR) is 175 cm³/mol. The molecule has 0 aliphatic carbocycles. The molecule has 6 rings (SSSR count). The molecule has 12 heteroatoms. The summed E-state index contributed by atoms with van der Waals surface area (Å²) in [5.41, 5.74) is 3.95. The molecule has 0 bridgehead atoms. The number of nitrogens with zero attached hydrogens (tertiary/aromatic N) is 5. The van der Waals surface area contributed by atoms with Crippen molar-refractivity contribution in [1.29, 1.82) is 0 Å². The number of hydrogen-bond acceptors (Lipinski definition) is 5. The lowest BCUT2D eigenvalue weighted by atomic mass is 10.0. The number of aliphatic carboxylic acids is 1. The minimum atomic E-state index is -1.79. The summed E-state index contributed by atoms with van der Waals surface area (Å²) in [4.78, 5) is 19.1. The molecule has 0 spiro atoms. The second kappa shape index (κ2) is 11.5. The second-order valence-electron chi connectivity index (χ2n) is 13.5. The Morgan fingerprint density at radius 1 is 1.16 bits per heavy atom. The maximum absolute atomic E-state index is 14.1. The van der Waals surface area contributed by atoms with E-state index in [4.69, 9.17) is 27.6 Å². The van der Waals surface area contributed by atoms with Gasteiger partial charge in [0.1, 0.15) is 11.7 Å². The van der Waals surface area contributed by atoms with Crippen LogP contribution in [0, 0.1) is 0 Å². The average Bonchev–Trinajstić information content (AvgIpc) is 3.66. The van der Waals surface area contributed by atoms with Gasteiger partial charge in [-0.15, -0.1) is 0 Å². The summed E-state index contributed by atoms with van der Waals surface area (Å²) >= 11 is 13.6. The molecule has 2 aromatic heterocycles. The van der Waals surface area contributed by atoms with Gasteiger partial charge in [-0.05, 0) is 54.7 Å². The zero-order chi connectivity index (χ0) is 31.6. The number of carboxylic acids is 1. The molecule has 44 heavy (non-hydrogen) atoms. The summed E-state index contributed by atoms with van der Waals surface area (Å²) in [5, 5.41) is 16.2. The van der Waals surface area contributed by atoms with E-state index in [1.807, 2.05) is 12.1 Å². The Bertz CT molecular complexity index is 1710. The molecular formula is C32H38Cl2FN5O3Si. The molecule has 1 N–H and O–H groups in total. The maximum Gasteiger partial charge on any atom is 0.334 e. The molecule has 2 unspecified atom stereocenters. The molecule has 1 saturated heterocycles. The monoisotopic (exact) mass is 657 g/mol. The number of piperidine rings is 1. The Hall–Kier alpha value is -2.92. The number of hydrogen-bond donors (Lipinski definition) is 1. The fourth-order valence-electron chi connectivity index (χ4n) is 6.02. The summed E-state index contributed by atoms with van der Waals surface area (Å²) in [6.45, 7) is 13.5. The quantitative estimate of drug-likeness (QED) is 0.204. The lowest BCUT2D eigenvalue weighted by Crippen LogP contribution is -2.47. The second-order valence-corrected chi connectivity index (χ2v) is 19.0. The molecule has 2 aliphatic rings. The molecule has 2 atom stereocenters. The van der Waals surface area contributed by atoms with E-state index in [9.17, 15) is 14.3 Å². The van der Waals surface area contributed by atoms with Crippen LogP contribution in [0.5, 0.6) is 0 Å². The summed E-state index contributed by atoms with van der Waals surface area (Å²) in [6.07, 6.45) is 4.41. The van der Waals surface area contributed by atoms with Gasteiger partial charge in [0.15, 0.2) is 14.4 Å². The van der Waals surface area contributed by atoms with Crippen LogP contribution < -0.4 is 4.90 Å². The molecule has 4 aromatic rings. The van der Waals surface area contributed by atoms with E-state index in [1.165, 1.54) is 11.0 Å². The number of alkyl halides is 1. The Morgan fingerprint density at radius 3 is 2.48 bits per heavy atom. The first-order valence-electron chi connectivity index (χ1n) is 15.0. The number of rotatable bonds is 7. The zero-order valence-electron chi connectivity index (χ0n) is 25.6. The Kier molecular flexibility index (Phi) is 8.09. The minimum Gasteiger partial charge on any atom is -0.479 e. The summed E-state index contributed by atoms with van der Waals surface area (Å²) in [5.74, 6) is -1.15. The van der Waals surface area contributed by atoms with Gasteiger partial charge in [0.2, 0.25) is 0 Å². The lowest BCUT2D eigenvalue weighted by Gasteiger charge is -2.42. The van der Waals surface area contributed by atoms with Crippen LogP contribution in [-0.4, -0.2) is 64.1 Å². The van der Waals surface area contributed by atoms with Gasteiger partial charge in [-0.3, -0.25) is 4.68 Å². The van der Waals surface area contributed by atoms with Crippen LogP contribution in [0.25, 0.3) is 22.0 Å². The first kappa shape index (κ1) is 31.1. The number of carbonyl (C=O) groups is 1. The van der Waals surface area contributed by atoms with Gasteiger partial charge in [-0.1, -0.05) is 56.1 Å². The molecule has 234 valence electrons. The number of anilines is 1. The molecule has 0 radical (unpaired) electrons. The van der Waals surface area contributed by atoms with E-state index in [2.05, 4.69) is 61.0 Å². The van der Waals surface area contributed by atoms with Crippen molar-refractivity contribution in [1.82, 2.24) is 19.3 Å². The van der Waals surface area contributed by atoms with Crippen LogP contribution in [-0.2, 0) is 22.2 Å². The molecular weight excluding hydrogens is 620 g/mol. The third-order valence-corrected chi connectivity index (χ3v) is 14.7. The summed E-state index contributed by atoms with van der Waals surface area (Å²) in [7, 11) is -1.79. The van der Waals surface area contributed by atoms with Gasteiger partial charge in [0.25, 0.3) is 0 Å². The average molecular weight is 659 g/mol. The molecule has 1 fully saturated rings. The van der Waals surface area contributed by atoms with Crippen LogP contribution in [0.3, 0.4) is 0 Å². The van der Waals surface area contributed by atoms with Gasteiger partial charge in [0, 0.05) is 54.1 Å². The van der Waals surface area contributed by atoms with E-state index < -0.39 is 26.5 Å². The minimum absolute atomic E-state index is 0.115. The van der Waals surface area contributed by atoms with E-state index in [0.29, 0.717) is 38.3 Å². The number of imidazole rings is 1. The molecule has 2 aliphatic heterocycles. The number of carboxylic acid groups (broad SMARTS) is 1. The van der Waals surface area contributed by atoms with Crippen LogP contribution in [0.1, 0.15) is 51.0 Å². The van der Waals surface area contributed by atoms with Gasteiger partial charge in [-0.25, -0.2) is 14.2 Å². The Balaban J connectivity index is 1.22. The van der Waals surface area contributed by atoms with Crippen LogP contribution in [0.4, 0.5) is 10.1 Å². The number of aromatic nitrogens is 4. The Labute approximate surface area is 267 Å². The third kappa shape index (κ3) is 5.66. The van der Waals surface area contributed by atoms with Gasteiger partial charge in [0.05, 0.1) is 28.6 Å². The van der Waals surface area contributed by atoms with Crippen molar-refractivity contribution < 1.29 is 18.7 Å². The van der Waals surface area contributed by atoms with Crippen molar-refractivity contribution in [3.63, 3.8) is 0 Å². The van der Waals surface area contributed by atoms with Crippen molar-refractivity contribution >= 4 is 54.1 Å². The van der Waals surface area contributed by atoms with E-state index >= 15 is 0 Å². The smallest absolute Gasteiger partial charge is 0.334 e. The van der Waals surface area contributed by atoms with Crippen molar-refractivity contribution in [2.45, 2.75) is 83.0 Å². The Morgan fingerprint density at radius 2 is 1.84 bits per heavy atom. The van der Waals surface area contributed by atoms with Gasteiger partial charge < -0.3 is 19.0 Å². The first-order valence-corrected chi connectivity index (χ1v) is 18.7. The molecule has 2 aromatic carbocycles. The lowest BCUT2D eigenvalue weighted by molar-refractivity contribution is -0.139. The fraction of sp³-hybridized carbons (Fsp3) is 0.469. The van der Waals surface area contributed by atoms with Crippen molar-refractivity contribution in [2.24, 2.45) is 0 Å². The highest BCUT2D eigenvalue weighted by molar-refractivity contribution is 6.74. The maximum atomic E-state index is 14.1. The fourth-order valence-corrected chi connectivity index (χ4v) is 7.99. The summed E-state index contributed by atoms with van der Waals surface area (Å²) in [6, 6.07) is 8.78.